The van der Waals surface area contributed by atoms with Crippen molar-refractivity contribution in [1.82, 2.24) is 26.3 Å². The zero-order chi connectivity index (χ0) is 39.5. The van der Waals surface area contributed by atoms with E-state index >= 15 is 0 Å². The van der Waals surface area contributed by atoms with Gasteiger partial charge in [0.1, 0.15) is 11.4 Å². The van der Waals surface area contributed by atoms with Crippen LogP contribution in [0.1, 0.15) is 88.6 Å². The number of H-pyrrole nitrogens is 1. The molecule has 14 heteroatoms. The molecule has 1 saturated heterocycles. The minimum Gasteiger partial charge on any atom is -0.381 e. The molecule has 54 heavy (non-hydrogen) atoms. The summed E-state index contributed by atoms with van der Waals surface area (Å²) in [6.07, 6.45) is -0.330. The number of hydrogen-bond acceptors (Lipinski definition) is 5. The lowest BCUT2D eigenvalue weighted by atomic mass is 9.78. The van der Waals surface area contributed by atoms with E-state index in [0.29, 0.717) is 49.1 Å². The maximum atomic E-state index is 14.4. The normalized spacial score (nSPS) is 18.4. The van der Waals surface area contributed by atoms with Gasteiger partial charge in [0.2, 0.25) is 23.6 Å². The fourth-order valence-electron chi connectivity index (χ4n) is 6.73. The number of aryl methyl sites for hydroxylation is 1. The number of ether oxygens (including phenoxy) is 1. The molecule has 2 aromatic carbocycles. The first kappa shape index (κ1) is 42.3. The van der Waals surface area contributed by atoms with Gasteiger partial charge in [-0.3, -0.25) is 19.2 Å². The number of benzene rings is 2. The molecule has 4 amide bonds. The van der Waals surface area contributed by atoms with Crippen LogP contribution in [0.15, 0.2) is 42.5 Å². The average molecular weight is 760 g/mol. The third kappa shape index (κ3) is 10.8. The number of alkyl halides is 3. The lowest BCUT2D eigenvalue weighted by molar-refractivity contribution is -0.136. The van der Waals surface area contributed by atoms with Crippen LogP contribution in [0.3, 0.4) is 0 Å². The number of rotatable bonds is 13. The van der Waals surface area contributed by atoms with Crippen molar-refractivity contribution in [3.8, 4) is 0 Å². The maximum absolute atomic E-state index is 14.4. The molecule has 5 N–H and O–H groups in total. The summed E-state index contributed by atoms with van der Waals surface area (Å²) >= 11 is 0. The molecule has 3 aromatic rings. The molecule has 0 bridgehead atoms. The molecule has 1 unspecified atom stereocenters. The number of fused-ring (bicyclic) bond motifs is 3. The van der Waals surface area contributed by atoms with Crippen molar-refractivity contribution >= 4 is 34.5 Å². The first-order valence-corrected chi connectivity index (χ1v) is 18.9. The summed E-state index contributed by atoms with van der Waals surface area (Å²) in [5.41, 5.74) is -1.36. The van der Waals surface area contributed by atoms with Crippen LogP contribution in [-0.4, -0.2) is 66.5 Å². The van der Waals surface area contributed by atoms with Crippen LogP contribution in [0.25, 0.3) is 10.9 Å². The summed E-state index contributed by atoms with van der Waals surface area (Å²) in [5.74, 6) is -2.84. The zero-order valence-corrected chi connectivity index (χ0v) is 31.5. The number of carbonyl (C=O) groups excluding carboxylic acids is 4. The fraction of sp³-hybridized carbons (Fsp3) is 0.550. The number of aromatic amines is 1. The number of amides is 4. The molecule has 296 valence electrons. The second-order valence-electron chi connectivity index (χ2n) is 14.3. The molecule has 0 radical (unpaired) electrons. The summed E-state index contributed by atoms with van der Waals surface area (Å²) in [7, 11) is 0. The number of unbranched alkanes of at least 4 members (excludes halogenated alkanes) is 1. The Morgan fingerprint density at radius 1 is 0.963 bits per heavy atom. The van der Waals surface area contributed by atoms with Crippen molar-refractivity contribution < 1.29 is 41.5 Å². The lowest BCUT2D eigenvalue weighted by Crippen LogP contribution is -2.65. The van der Waals surface area contributed by atoms with Crippen LogP contribution in [0.4, 0.5) is 17.6 Å². The van der Waals surface area contributed by atoms with E-state index in [9.17, 15) is 36.7 Å². The first-order chi connectivity index (χ1) is 25.7. The highest BCUT2D eigenvalue weighted by molar-refractivity contribution is 5.96. The summed E-state index contributed by atoms with van der Waals surface area (Å²) in [6.45, 7) is 8.85. The van der Waals surface area contributed by atoms with Gasteiger partial charge in [0.15, 0.2) is 0 Å². The molecule has 2 aliphatic rings. The Labute approximate surface area is 313 Å². The van der Waals surface area contributed by atoms with Gasteiger partial charge in [0, 0.05) is 49.2 Å². The van der Waals surface area contributed by atoms with Gasteiger partial charge in [-0.1, -0.05) is 77.3 Å². The monoisotopic (exact) mass is 759 g/mol. The van der Waals surface area contributed by atoms with E-state index in [-0.39, 0.29) is 61.1 Å². The van der Waals surface area contributed by atoms with Crippen molar-refractivity contribution in [1.29, 1.82) is 0 Å². The van der Waals surface area contributed by atoms with Crippen LogP contribution >= 0.6 is 0 Å². The standard InChI is InChI=1S/C36H43F4N5O5.C4H10/c1-3-21(2)29(19-42-33(48)22-12-15-50-16-13-22)44-34(49)35(45-31(47)20-41-30(46)17-23-7-4-5-10-27(23)37)14-11-28-25(18-35)24-8-6-9-26(32(24)43-28)36(38,39)40;1-3-4-2/h4-10,21-22,29,43H,3,11-20H2,1-2H3,(H,41,46)(H,42,48)(H,44,49)(H,45,47);3-4H2,1-2H3/t21?,29-,35-;/m1./s1. The minimum absolute atomic E-state index is 0.0522. The number of aromatic nitrogens is 1. The number of nitrogens with one attached hydrogen (secondary N) is 5. The van der Waals surface area contributed by atoms with Gasteiger partial charge in [-0.15, -0.1) is 0 Å². The molecule has 1 fully saturated rings. The average Bonchev–Trinajstić information content (AvgIpc) is 3.53. The van der Waals surface area contributed by atoms with Gasteiger partial charge >= 0.3 is 6.18 Å². The quantitative estimate of drug-likeness (QED) is 0.138. The number of hydrogen-bond donors (Lipinski definition) is 5. The molecule has 0 saturated carbocycles. The van der Waals surface area contributed by atoms with Gasteiger partial charge in [-0.05, 0) is 54.9 Å². The summed E-state index contributed by atoms with van der Waals surface area (Å²) in [4.78, 5) is 56.2. The molecule has 2 heterocycles. The molecular formula is C40H53F4N5O5. The van der Waals surface area contributed by atoms with Crippen molar-refractivity contribution in [3.05, 3.63) is 70.7 Å². The third-order valence-corrected chi connectivity index (χ3v) is 10.4. The molecule has 1 aromatic heterocycles. The van der Waals surface area contributed by atoms with E-state index < -0.39 is 53.4 Å². The Morgan fingerprint density at radius 2 is 1.67 bits per heavy atom. The van der Waals surface area contributed by atoms with Crippen LogP contribution in [0.2, 0.25) is 0 Å². The predicted octanol–water partition coefficient (Wildman–Crippen LogP) is 5.91. The SMILES string of the molecule is CCC(C)[C@@H](CNC(=O)C1CCOCC1)NC(=O)[C@@]1(NC(=O)CNC(=O)Cc2ccccc2F)CCc2[nH]c3c(C(F)(F)F)cccc3c2C1.CCCC. The van der Waals surface area contributed by atoms with Gasteiger partial charge < -0.3 is 31.0 Å². The summed E-state index contributed by atoms with van der Waals surface area (Å²) < 4.78 is 61.2. The Morgan fingerprint density at radius 3 is 2.31 bits per heavy atom. The van der Waals surface area contributed by atoms with Gasteiger partial charge in [0.25, 0.3) is 0 Å². The Bertz CT molecular complexity index is 1750. The predicted molar refractivity (Wildman–Crippen MR) is 198 cm³/mol. The zero-order valence-electron chi connectivity index (χ0n) is 31.5. The van der Waals surface area contributed by atoms with Crippen LogP contribution in [0, 0.1) is 17.7 Å². The summed E-state index contributed by atoms with van der Waals surface area (Å²) in [6, 6.07) is 9.08. The molecular weight excluding hydrogens is 706 g/mol. The van der Waals surface area contributed by atoms with E-state index in [2.05, 4.69) is 40.1 Å². The van der Waals surface area contributed by atoms with Gasteiger partial charge in [-0.2, -0.15) is 13.2 Å². The molecule has 1 aliphatic heterocycles. The van der Waals surface area contributed by atoms with Crippen molar-refractivity contribution in [3.63, 3.8) is 0 Å². The highest BCUT2D eigenvalue weighted by atomic mass is 19.4. The van der Waals surface area contributed by atoms with E-state index in [0.717, 1.165) is 6.07 Å². The Kier molecular flexibility index (Phi) is 15.1. The smallest absolute Gasteiger partial charge is 0.381 e. The minimum atomic E-state index is -4.62. The molecule has 3 atom stereocenters. The van der Waals surface area contributed by atoms with Crippen molar-refractivity contribution in [2.45, 2.75) is 103 Å². The second-order valence-corrected chi connectivity index (χ2v) is 14.3. The molecule has 10 nitrogen and oxygen atoms in total. The highest BCUT2D eigenvalue weighted by Crippen LogP contribution is 2.40. The van der Waals surface area contributed by atoms with Crippen LogP contribution in [0.5, 0.6) is 0 Å². The third-order valence-electron chi connectivity index (χ3n) is 10.4. The topological polar surface area (TPSA) is 141 Å². The Balaban J connectivity index is 0.00000155. The second kappa shape index (κ2) is 19.2. The van der Waals surface area contributed by atoms with Gasteiger partial charge in [0.05, 0.1) is 24.0 Å². The maximum Gasteiger partial charge on any atom is 0.418 e. The molecule has 0 spiro atoms. The van der Waals surface area contributed by atoms with Crippen molar-refractivity contribution in [2.24, 2.45) is 11.8 Å². The van der Waals surface area contributed by atoms with Crippen LogP contribution in [-0.2, 0) is 49.4 Å². The summed E-state index contributed by atoms with van der Waals surface area (Å²) in [5, 5.41) is 11.6. The largest absolute Gasteiger partial charge is 0.418 e. The number of carbonyl (C=O) groups is 4. The van der Waals surface area contributed by atoms with E-state index in [4.69, 9.17) is 4.74 Å². The first-order valence-electron chi connectivity index (χ1n) is 18.9. The molecule has 1 aliphatic carbocycles. The number of para-hydroxylation sites is 1. The fourth-order valence-corrected chi connectivity index (χ4v) is 6.73. The van der Waals surface area contributed by atoms with Gasteiger partial charge in [-0.25, -0.2) is 4.39 Å². The van der Waals surface area contributed by atoms with E-state index in [1.165, 1.54) is 37.1 Å². The molecule has 5 rings (SSSR count). The number of halogens is 4. The van der Waals surface area contributed by atoms with Crippen LogP contribution < -0.4 is 21.3 Å². The van der Waals surface area contributed by atoms with E-state index in [1.54, 1.807) is 12.1 Å². The van der Waals surface area contributed by atoms with E-state index in [1.807, 2.05) is 13.8 Å². The van der Waals surface area contributed by atoms with Crippen molar-refractivity contribution in [2.75, 3.05) is 26.3 Å². The lowest BCUT2D eigenvalue weighted by Gasteiger charge is -2.39. The Hall–Kier alpha value is -4.46. The highest BCUT2D eigenvalue weighted by Gasteiger charge is 2.45.